The standard InChI is InChI=1S/C16H17N3S2/c1-2-8-17-9-13-15(12-6-4-3-5-7-12)21-16(19-13)14-10-20-11-18-14/h3-7,10-11,17H,2,8-9H2,1H3. The summed E-state index contributed by atoms with van der Waals surface area (Å²) in [5, 5.41) is 6.50. The highest BCUT2D eigenvalue weighted by Crippen LogP contribution is 2.35. The normalized spacial score (nSPS) is 10.9. The number of hydrogen-bond acceptors (Lipinski definition) is 5. The molecule has 1 aromatic carbocycles. The van der Waals surface area contributed by atoms with Gasteiger partial charge in [0.25, 0.3) is 0 Å². The zero-order chi connectivity index (χ0) is 14.5. The van der Waals surface area contributed by atoms with Crippen LogP contribution in [-0.2, 0) is 6.54 Å². The minimum Gasteiger partial charge on any atom is -0.311 e. The molecule has 3 rings (SSSR count). The van der Waals surface area contributed by atoms with Crippen LogP contribution in [-0.4, -0.2) is 16.5 Å². The molecule has 0 fully saturated rings. The van der Waals surface area contributed by atoms with Crippen LogP contribution >= 0.6 is 22.7 Å². The van der Waals surface area contributed by atoms with Crippen molar-refractivity contribution in [2.75, 3.05) is 6.54 Å². The zero-order valence-corrected chi connectivity index (χ0v) is 13.5. The minimum atomic E-state index is 0.804. The molecule has 3 aromatic rings. The molecule has 0 saturated heterocycles. The molecule has 5 heteroatoms. The Kier molecular flexibility index (Phi) is 4.75. The second-order valence-electron chi connectivity index (χ2n) is 4.71. The summed E-state index contributed by atoms with van der Waals surface area (Å²) in [6.45, 7) is 3.99. The molecule has 2 heterocycles. The lowest BCUT2D eigenvalue weighted by molar-refractivity contribution is 0.668. The third kappa shape index (κ3) is 3.37. The van der Waals surface area contributed by atoms with Crippen LogP contribution in [0, 0.1) is 0 Å². The van der Waals surface area contributed by atoms with Gasteiger partial charge in [-0.25, -0.2) is 9.97 Å². The van der Waals surface area contributed by atoms with E-state index in [1.807, 2.05) is 11.6 Å². The summed E-state index contributed by atoms with van der Waals surface area (Å²) in [7, 11) is 0. The number of thiazole rings is 2. The van der Waals surface area contributed by atoms with Crippen molar-refractivity contribution in [2.24, 2.45) is 0 Å². The van der Waals surface area contributed by atoms with Crippen LogP contribution in [0.2, 0.25) is 0 Å². The number of hydrogen-bond donors (Lipinski definition) is 1. The van der Waals surface area contributed by atoms with Crippen LogP contribution in [0.15, 0.2) is 41.2 Å². The Hall–Kier alpha value is -1.56. The molecule has 2 aromatic heterocycles. The van der Waals surface area contributed by atoms with E-state index < -0.39 is 0 Å². The van der Waals surface area contributed by atoms with Gasteiger partial charge in [0.2, 0.25) is 0 Å². The van der Waals surface area contributed by atoms with Gasteiger partial charge in [0.15, 0.2) is 0 Å². The lowest BCUT2D eigenvalue weighted by Crippen LogP contribution is -2.14. The maximum absolute atomic E-state index is 4.80. The molecule has 21 heavy (non-hydrogen) atoms. The Morgan fingerprint density at radius 2 is 2.05 bits per heavy atom. The van der Waals surface area contributed by atoms with Crippen LogP contribution in [0.1, 0.15) is 19.0 Å². The number of aromatic nitrogens is 2. The van der Waals surface area contributed by atoms with Crippen molar-refractivity contribution < 1.29 is 0 Å². The summed E-state index contributed by atoms with van der Waals surface area (Å²) in [6, 6.07) is 10.5. The number of nitrogens with one attached hydrogen (secondary N) is 1. The van der Waals surface area contributed by atoms with Gasteiger partial charge in [-0.1, -0.05) is 37.3 Å². The molecule has 0 spiro atoms. The van der Waals surface area contributed by atoms with E-state index in [2.05, 4.69) is 46.9 Å². The highest BCUT2D eigenvalue weighted by molar-refractivity contribution is 7.18. The van der Waals surface area contributed by atoms with Crippen LogP contribution < -0.4 is 5.32 Å². The van der Waals surface area contributed by atoms with Crippen LogP contribution in [0.5, 0.6) is 0 Å². The smallest absolute Gasteiger partial charge is 0.143 e. The van der Waals surface area contributed by atoms with Gasteiger partial charge in [-0.05, 0) is 18.5 Å². The molecule has 0 bridgehead atoms. The summed E-state index contributed by atoms with van der Waals surface area (Å²) in [6.07, 6.45) is 1.13. The van der Waals surface area contributed by atoms with E-state index >= 15 is 0 Å². The highest BCUT2D eigenvalue weighted by Gasteiger charge is 2.14. The van der Waals surface area contributed by atoms with Crippen molar-refractivity contribution in [3.63, 3.8) is 0 Å². The Balaban J connectivity index is 1.96. The van der Waals surface area contributed by atoms with Gasteiger partial charge in [0.05, 0.1) is 16.1 Å². The highest BCUT2D eigenvalue weighted by atomic mass is 32.1. The Labute approximate surface area is 132 Å². The molecule has 0 aliphatic heterocycles. The molecule has 1 N–H and O–H groups in total. The summed E-state index contributed by atoms with van der Waals surface area (Å²) in [5.41, 5.74) is 5.17. The van der Waals surface area contributed by atoms with E-state index in [9.17, 15) is 0 Å². The molecular formula is C16H17N3S2. The first-order valence-corrected chi connectivity index (χ1v) is 8.79. The molecule has 0 saturated carbocycles. The quantitative estimate of drug-likeness (QED) is 0.684. The summed E-state index contributed by atoms with van der Waals surface area (Å²) in [5.74, 6) is 0. The zero-order valence-electron chi connectivity index (χ0n) is 11.9. The lowest BCUT2D eigenvalue weighted by atomic mass is 10.1. The molecular weight excluding hydrogens is 298 g/mol. The second-order valence-corrected chi connectivity index (χ2v) is 6.43. The van der Waals surface area contributed by atoms with Crippen LogP contribution in [0.4, 0.5) is 0 Å². The fourth-order valence-electron chi connectivity index (χ4n) is 2.10. The average Bonchev–Trinajstić information content (AvgIpc) is 3.18. The van der Waals surface area contributed by atoms with E-state index in [4.69, 9.17) is 4.98 Å². The number of rotatable bonds is 6. The predicted molar refractivity (Wildman–Crippen MR) is 90.7 cm³/mol. The fourth-order valence-corrected chi connectivity index (χ4v) is 3.76. The first-order chi connectivity index (χ1) is 10.4. The molecule has 0 unspecified atom stereocenters. The van der Waals surface area contributed by atoms with E-state index in [-0.39, 0.29) is 0 Å². The maximum Gasteiger partial charge on any atom is 0.143 e. The molecule has 0 aliphatic rings. The van der Waals surface area contributed by atoms with Crippen molar-refractivity contribution in [3.8, 4) is 21.1 Å². The van der Waals surface area contributed by atoms with Crippen molar-refractivity contribution in [3.05, 3.63) is 46.9 Å². The van der Waals surface area contributed by atoms with Crippen LogP contribution in [0.3, 0.4) is 0 Å². The van der Waals surface area contributed by atoms with Crippen LogP contribution in [0.25, 0.3) is 21.1 Å². The summed E-state index contributed by atoms with van der Waals surface area (Å²) in [4.78, 5) is 10.4. The van der Waals surface area contributed by atoms with Gasteiger partial charge < -0.3 is 5.32 Å². The van der Waals surface area contributed by atoms with Crippen molar-refractivity contribution in [1.82, 2.24) is 15.3 Å². The van der Waals surface area contributed by atoms with E-state index in [1.165, 1.54) is 10.4 Å². The Bertz CT molecular complexity index is 675. The topological polar surface area (TPSA) is 37.8 Å². The van der Waals surface area contributed by atoms with Crippen molar-refractivity contribution in [2.45, 2.75) is 19.9 Å². The first kappa shape index (κ1) is 14.4. The number of nitrogens with zero attached hydrogens (tertiary/aromatic N) is 2. The summed E-state index contributed by atoms with van der Waals surface area (Å²) >= 11 is 3.33. The Morgan fingerprint density at radius 1 is 1.19 bits per heavy atom. The molecule has 0 aliphatic carbocycles. The fraction of sp³-hybridized carbons (Fsp3) is 0.250. The number of benzene rings is 1. The monoisotopic (exact) mass is 315 g/mol. The predicted octanol–water partition coefficient (Wildman–Crippen LogP) is 4.43. The largest absolute Gasteiger partial charge is 0.311 e. The van der Waals surface area contributed by atoms with Gasteiger partial charge in [-0.2, -0.15) is 0 Å². The third-order valence-corrected chi connectivity index (χ3v) is 4.86. The van der Waals surface area contributed by atoms with Gasteiger partial charge in [0.1, 0.15) is 10.7 Å². The molecule has 0 radical (unpaired) electrons. The van der Waals surface area contributed by atoms with E-state index in [0.717, 1.165) is 35.9 Å². The third-order valence-electron chi connectivity index (χ3n) is 3.10. The van der Waals surface area contributed by atoms with Gasteiger partial charge in [-0.3, -0.25) is 0 Å². The van der Waals surface area contributed by atoms with E-state index in [0.29, 0.717) is 0 Å². The average molecular weight is 315 g/mol. The van der Waals surface area contributed by atoms with Gasteiger partial charge in [-0.15, -0.1) is 22.7 Å². The second kappa shape index (κ2) is 6.93. The maximum atomic E-state index is 4.80. The molecule has 3 nitrogen and oxygen atoms in total. The SMILES string of the molecule is CCCNCc1nc(-c2cscn2)sc1-c1ccccc1. The molecule has 108 valence electrons. The molecule has 0 amide bonds. The molecule has 0 atom stereocenters. The van der Waals surface area contributed by atoms with Gasteiger partial charge >= 0.3 is 0 Å². The lowest BCUT2D eigenvalue weighted by Gasteiger charge is -2.03. The van der Waals surface area contributed by atoms with Crippen molar-refractivity contribution in [1.29, 1.82) is 0 Å². The van der Waals surface area contributed by atoms with Crippen molar-refractivity contribution >= 4 is 22.7 Å². The first-order valence-electron chi connectivity index (χ1n) is 7.03. The van der Waals surface area contributed by atoms with Gasteiger partial charge in [0, 0.05) is 11.9 Å². The summed E-state index contributed by atoms with van der Waals surface area (Å²) < 4.78 is 0. The van der Waals surface area contributed by atoms with E-state index in [1.54, 1.807) is 22.7 Å². The Morgan fingerprint density at radius 3 is 2.76 bits per heavy atom. The minimum absolute atomic E-state index is 0.804.